The molecule has 2 bridgehead atoms. The lowest BCUT2D eigenvalue weighted by Gasteiger charge is -2.61. The average molecular weight is 586 g/mol. The zero-order valence-corrected chi connectivity index (χ0v) is 25.4. The van der Waals surface area contributed by atoms with E-state index < -0.39 is 17.0 Å². The molecule has 9 unspecified atom stereocenters. The van der Waals surface area contributed by atoms with Crippen molar-refractivity contribution in [2.75, 3.05) is 46.4 Å². The molecule has 234 valence electrons. The summed E-state index contributed by atoms with van der Waals surface area (Å²) >= 11 is 0. The van der Waals surface area contributed by atoms with Gasteiger partial charge in [0.05, 0.1) is 24.9 Å². The summed E-state index contributed by atoms with van der Waals surface area (Å²) in [7, 11) is 1.69. The van der Waals surface area contributed by atoms with Gasteiger partial charge in [0.25, 0.3) is 0 Å². The Bertz CT molecular complexity index is 1140. The topological polar surface area (TPSA) is 153 Å². The summed E-state index contributed by atoms with van der Waals surface area (Å²) < 4.78 is 6.62. The summed E-state index contributed by atoms with van der Waals surface area (Å²) in [4.78, 5) is 19.4. The largest absolute Gasteiger partial charge is 0.478 e. The molecule has 0 aromatic carbocycles. The number of ether oxygens (including phenoxy) is 1. The first-order chi connectivity index (χ1) is 20.2. The van der Waals surface area contributed by atoms with Crippen molar-refractivity contribution in [3.05, 3.63) is 23.4 Å². The molecule has 4 aliphatic carbocycles. The zero-order valence-electron chi connectivity index (χ0n) is 25.4. The summed E-state index contributed by atoms with van der Waals surface area (Å²) in [6, 6.07) is 0.450. The van der Waals surface area contributed by atoms with Crippen molar-refractivity contribution in [3.8, 4) is 0 Å². The number of hydrogen-bond acceptors (Lipinski definition) is 7. The number of allylic oxidation sites excluding steroid dienone is 1. The van der Waals surface area contributed by atoms with E-state index in [0.717, 1.165) is 57.1 Å². The molecule has 6 aliphatic rings. The van der Waals surface area contributed by atoms with E-state index in [1.807, 2.05) is 11.1 Å². The second kappa shape index (κ2) is 11.5. The molecule has 2 heterocycles. The number of carboxylic acid groups (broad SMARTS) is 1. The highest BCUT2D eigenvalue weighted by Crippen LogP contribution is 2.77. The summed E-state index contributed by atoms with van der Waals surface area (Å²) in [6.07, 6.45) is 12.7. The lowest BCUT2D eigenvalue weighted by atomic mass is 9.46. The molecule has 0 amide bonds. The van der Waals surface area contributed by atoms with Crippen LogP contribution in [0, 0.1) is 34.5 Å². The normalized spacial score (nSPS) is 43.1. The standard InChI is InChI=1S/C32H51N5O5/c1-20-8-9-21-15-24-27(28(39)40)30(41,19-42-26-7-3-6-25-23(26)5-4-11-36-25)17-31(20,24)32(21)18-37(29(33)34-2)13-10-22(32)16-35-12-14-38/h10,13,20-23,25-26,35-36,38,41H,3-9,11-12,14-19H2,1-2H3,(H2,33,34)(H,39,40). The fourth-order valence-electron chi connectivity index (χ4n) is 10.7. The second-order valence-electron chi connectivity index (χ2n) is 14.0. The molecule has 0 aromatic heterocycles. The lowest BCUT2D eigenvalue weighted by molar-refractivity contribution is -0.146. The van der Waals surface area contributed by atoms with E-state index in [1.165, 1.54) is 0 Å². The van der Waals surface area contributed by atoms with Crippen LogP contribution in [-0.4, -0.2) is 96.3 Å². The number of hydrogen-bond donors (Lipinski definition) is 6. The first kappa shape index (κ1) is 30.1. The van der Waals surface area contributed by atoms with E-state index in [4.69, 9.17) is 10.5 Å². The van der Waals surface area contributed by atoms with Crippen molar-refractivity contribution in [2.45, 2.75) is 82.5 Å². The average Bonchev–Trinajstić information content (AvgIpc) is 3.34. The monoisotopic (exact) mass is 585 g/mol. The van der Waals surface area contributed by atoms with E-state index in [2.05, 4.69) is 28.6 Å². The first-order valence-corrected chi connectivity index (χ1v) is 16.3. The van der Waals surface area contributed by atoms with Crippen LogP contribution < -0.4 is 16.4 Å². The number of aliphatic imine (C=N–C) groups is 1. The number of nitrogens with zero attached hydrogens (tertiary/aromatic N) is 2. The highest BCUT2D eigenvalue weighted by Gasteiger charge is 2.75. The predicted octanol–water partition coefficient (Wildman–Crippen LogP) is 1.83. The Kier molecular flexibility index (Phi) is 8.23. The van der Waals surface area contributed by atoms with Crippen LogP contribution in [0.15, 0.2) is 28.4 Å². The molecular formula is C32H51N5O5. The van der Waals surface area contributed by atoms with Crippen molar-refractivity contribution in [1.82, 2.24) is 15.5 Å². The van der Waals surface area contributed by atoms with Gasteiger partial charge in [-0.1, -0.05) is 13.0 Å². The minimum absolute atomic E-state index is 0.0206. The molecule has 3 saturated carbocycles. The molecule has 0 radical (unpaired) electrons. The Morgan fingerprint density at radius 3 is 2.86 bits per heavy atom. The SMILES string of the molecule is CN=C(N)N1C=CC(CNCCO)C2(C1)C1CCC(C)C23CC(O)(COC2CCCC4NCCCC42)C(C(=O)O)=C3C1. The Labute approximate surface area is 249 Å². The third kappa shape index (κ3) is 4.47. The van der Waals surface area contributed by atoms with Crippen molar-refractivity contribution >= 4 is 11.9 Å². The van der Waals surface area contributed by atoms with Crippen LogP contribution in [0.3, 0.4) is 0 Å². The molecule has 9 atom stereocenters. The molecule has 10 heteroatoms. The minimum Gasteiger partial charge on any atom is -0.478 e. The Morgan fingerprint density at radius 1 is 1.26 bits per heavy atom. The maximum atomic E-state index is 13.1. The summed E-state index contributed by atoms with van der Waals surface area (Å²) in [5.41, 5.74) is 5.11. The number of aliphatic hydroxyl groups is 2. The number of nitrogens with two attached hydrogens (primary N) is 1. The zero-order chi connectivity index (χ0) is 29.7. The van der Waals surface area contributed by atoms with Gasteiger partial charge in [-0.05, 0) is 87.7 Å². The van der Waals surface area contributed by atoms with Crippen LogP contribution in [0.25, 0.3) is 0 Å². The van der Waals surface area contributed by atoms with Crippen molar-refractivity contribution in [3.63, 3.8) is 0 Å². The number of guanidine groups is 1. The molecule has 2 spiro atoms. The van der Waals surface area contributed by atoms with Gasteiger partial charge in [0.1, 0.15) is 5.60 Å². The number of carboxylic acids is 1. The molecule has 7 N–H and O–H groups in total. The number of carbonyl (C=O) groups is 1. The molecule has 4 fully saturated rings. The second-order valence-corrected chi connectivity index (χ2v) is 14.0. The van der Waals surface area contributed by atoms with Crippen LogP contribution in [0.2, 0.25) is 0 Å². The summed E-state index contributed by atoms with van der Waals surface area (Å²) in [5, 5.41) is 39.9. The van der Waals surface area contributed by atoms with Gasteiger partial charge in [-0.25, -0.2) is 4.79 Å². The van der Waals surface area contributed by atoms with Gasteiger partial charge in [-0.2, -0.15) is 0 Å². The van der Waals surface area contributed by atoms with Crippen LogP contribution in [0.4, 0.5) is 0 Å². The highest BCUT2D eigenvalue weighted by molar-refractivity contribution is 5.92. The van der Waals surface area contributed by atoms with Crippen molar-refractivity contribution in [2.24, 2.45) is 45.2 Å². The van der Waals surface area contributed by atoms with Gasteiger partial charge < -0.3 is 41.3 Å². The van der Waals surface area contributed by atoms with E-state index in [9.17, 15) is 20.1 Å². The molecule has 42 heavy (non-hydrogen) atoms. The van der Waals surface area contributed by atoms with E-state index in [-0.39, 0.29) is 48.1 Å². The van der Waals surface area contributed by atoms with Gasteiger partial charge in [0.15, 0.2) is 5.96 Å². The highest BCUT2D eigenvalue weighted by atomic mass is 16.5. The first-order valence-electron chi connectivity index (χ1n) is 16.3. The molecular weight excluding hydrogens is 534 g/mol. The van der Waals surface area contributed by atoms with Gasteiger partial charge in [0, 0.05) is 55.7 Å². The fraction of sp³-hybridized carbons (Fsp3) is 0.812. The van der Waals surface area contributed by atoms with E-state index in [0.29, 0.717) is 50.4 Å². The van der Waals surface area contributed by atoms with Crippen molar-refractivity contribution < 1.29 is 24.9 Å². The molecule has 1 saturated heterocycles. The van der Waals surface area contributed by atoms with Crippen LogP contribution >= 0.6 is 0 Å². The lowest BCUT2D eigenvalue weighted by Crippen LogP contribution is -2.62. The number of nitrogens with one attached hydrogen (secondary N) is 2. The molecule has 0 aromatic rings. The van der Waals surface area contributed by atoms with Crippen LogP contribution in [0.5, 0.6) is 0 Å². The van der Waals surface area contributed by atoms with Crippen molar-refractivity contribution in [1.29, 1.82) is 0 Å². The molecule has 2 aliphatic heterocycles. The third-order valence-corrected chi connectivity index (χ3v) is 12.3. The maximum Gasteiger partial charge on any atom is 0.334 e. The predicted molar refractivity (Wildman–Crippen MR) is 161 cm³/mol. The Hall–Kier alpha value is -1.98. The third-order valence-electron chi connectivity index (χ3n) is 12.3. The quantitative estimate of drug-likeness (QED) is 0.142. The van der Waals surface area contributed by atoms with Gasteiger partial charge in [0.2, 0.25) is 0 Å². The minimum atomic E-state index is -1.56. The van der Waals surface area contributed by atoms with Gasteiger partial charge in [-0.15, -0.1) is 0 Å². The number of aliphatic carboxylic acids is 1. The van der Waals surface area contributed by atoms with Crippen LogP contribution in [0.1, 0.15) is 64.7 Å². The summed E-state index contributed by atoms with van der Waals surface area (Å²) in [5.74, 6) is 0.363. The van der Waals surface area contributed by atoms with Crippen LogP contribution in [-0.2, 0) is 9.53 Å². The Morgan fingerprint density at radius 2 is 2.10 bits per heavy atom. The van der Waals surface area contributed by atoms with Gasteiger partial charge >= 0.3 is 5.97 Å². The summed E-state index contributed by atoms with van der Waals surface area (Å²) in [6.45, 7) is 5.17. The number of piperidine rings is 1. The van der Waals surface area contributed by atoms with E-state index >= 15 is 0 Å². The van der Waals surface area contributed by atoms with Gasteiger partial charge in [-0.3, -0.25) is 4.99 Å². The molecule has 6 rings (SSSR count). The maximum absolute atomic E-state index is 13.1. The number of aliphatic hydroxyl groups excluding tert-OH is 1. The van der Waals surface area contributed by atoms with E-state index in [1.54, 1.807) is 7.05 Å². The number of fused-ring (bicyclic) bond motifs is 1. The fourth-order valence-corrected chi connectivity index (χ4v) is 10.7. The molecule has 10 nitrogen and oxygen atoms in total. The number of rotatable bonds is 8. The Balaban J connectivity index is 1.39. The smallest absolute Gasteiger partial charge is 0.334 e.